The highest BCUT2D eigenvalue weighted by Gasteiger charge is 2.46. The van der Waals surface area contributed by atoms with Crippen LogP contribution in [0.5, 0.6) is 5.88 Å². The first-order chi connectivity index (χ1) is 21.4. The summed E-state index contributed by atoms with van der Waals surface area (Å²) in [6.07, 6.45) is 5.58. The molecule has 2 aliphatic carbocycles. The summed E-state index contributed by atoms with van der Waals surface area (Å²) in [6, 6.07) is 11.6. The third-order valence-corrected chi connectivity index (χ3v) is 10.0. The summed E-state index contributed by atoms with van der Waals surface area (Å²) >= 11 is 0. The maximum Gasteiger partial charge on any atom is 0.246 e. The number of likely N-dealkylation sites (tertiary alicyclic amines) is 1. The Kier molecular flexibility index (Phi) is 7.22. The van der Waals surface area contributed by atoms with Crippen LogP contribution in [0.1, 0.15) is 41.9 Å². The van der Waals surface area contributed by atoms with Crippen molar-refractivity contribution in [3.05, 3.63) is 76.9 Å². The highest BCUT2D eigenvalue weighted by Crippen LogP contribution is 2.59. The van der Waals surface area contributed by atoms with Crippen LogP contribution in [-0.2, 0) is 11.2 Å². The van der Waals surface area contributed by atoms with Gasteiger partial charge in [0.2, 0.25) is 18.3 Å². The van der Waals surface area contributed by atoms with E-state index in [1.165, 1.54) is 23.3 Å². The molecule has 4 aliphatic rings. The number of anilines is 1. The molecule has 0 bridgehead atoms. The lowest BCUT2D eigenvalue weighted by Crippen LogP contribution is -2.56. The Balaban J connectivity index is 1.35. The minimum atomic E-state index is -0.402. The van der Waals surface area contributed by atoms with Gasteiger partial charge in [-0.15, -0.1) is 0 Å². The van der Waals surface area contributed by atoms with E-state index in [-0.39, 0.29) is 35.8 Å². The molecule has 1 amide bonds. The van der Waals surface area contributed by atoms with E-state index < -0.39 is 6.04 Å². The quantitative estimate of drug-likeness (QED) is 0.279. The van der Waals surface area contributed by atoms with Gasteiger partial charge in [-0.25, -0.2) is 15.9 Å². The number of carbonyl (C=O) groups excluding carboxylic acids is 1. The second-order valence-corrected chi connectivity index (χ2v) is 12.6. The van der Waals surface area contributed by atoms with Gasteiger partial charge >= 0.3 is 0 Å². The lowest BCUT2D eigenvalue weighted by Gasteiger charge is -2.40. The van der Waals surface area contributed by atoms with Crippen molar-refractivity contribution in [2.24, 2.45) is 5.92 Å². The number of nitriles is 1. The molecule has 1 saturated carbocycles. The Morgan fingerprint density at radius 1 is 1.27 bits per heavy atom. The van der Waals surface area contributed by atoms with Gasteiger partial charge in [-0.05, 0) is 86.0 Å². The van der Waals surface area contributed by atoms with E-state index >= 15 is 4.39 Å². The van der Waals surface area contributed by atoms with Gasteiger partial charge in [0.25, 0.3) is 0 Å². The van der Waals surface area contributed by atoms with E-state index in [0.29, 0.717) is 60.2 Å². The highest BCUT2D eigenvalue weighted by molar-refractivity contribution is 5.99. The molecule has 2 aromatic carbocycles. The first-order valence-corrected chi connectivity index (χ1v) is 15.5. The number of hydrogen-bond acceptors (Lipinski definition) is 6. The summed E-state index contributed by atoms with van der Waals surface area (Å²) in [5, 5.41) is 11.0. The number of amides is 1. The van der Waals surface area contributed by atoms with E-state index in [0.717, 1.165) is 37.8 Å². The smallest absolute Gasteiger partial charge is 0.246 e. The van der Waals surface area contributed by atoms with Crippen molar-refractivity contribution in [1.29, 1.82) is 5.26 Å². The summed E-state index contributed by atoms with van der Waals surface area (Å²) in [5.74, 6) is 0.812. The van der Waals surface area contributed by atoms with Crippen molar-refractivity contribution in [1.82, 2.24) is 14.8 Å². The van der Waals surface area contributed by atoms with E-state index in [1.807, 2.05) is 23.1 Å². The third kappa shape index (κ3) is 4.76. The fourth-order valence-corrected chi connectivity index (χ4v) is 7.65. The van der Waals surface area contributed by atoms with Crippen LogP contribution in [0.25, 0.3) is 26.9 Å². The lowest BCUT2D eigenvalue weighted by molar-refractivity contribution is -0.128. The number of carbonyl (C=O) groups is 1. The number of halogens is 1. The Morgan fingerprint density at radius 2 is 2.14 bits per heavy atom. The molecule has 8 nitrogen and oxygen atoms in total. The lowest BCUT2D eigenvalue weighted by atomic mass is 9.92. The van der Waals surface area contributed by atoms with Gasteiger partial charge in [0.1, 0.15) is 30.1 Å². The summed E-state index contributed by atoms with van der Waals surface area (Å²) in [6.45, 7) is 13.7. The number of hydrogen-bond donors (Lipinski definition) is 0. The number of fused-ring (bicyclic) bond motifs is 4. The standard InChI is InChI=1S/C35H35FN6O2/c1-4-32(43)42-12-11-41(19-24(42)18-38-2)34-28-15-30(36)27(25-9-5-7-21-13-22-14-26(22)33(21)25)16-31(28)39-35(29(34)17-37)44-20-23-8-6-10-40(23)3/h4-5,7,9,15-16,22-24,26H,1,6,8,10-14,18-20H2,3H3/t22?,23-,24-,26?/m0/s1. The molecule has 7 rings (SSSR count). The molecule has 2 unspecified atom stereocenters. The fraction of sp³-hybridized carbons (Fsp3) is 0.429. The second-order valence-electron chi connectivity index (χ2n) is 12.6. The molecule has 3 heterocycles. The van der Waals surface area contributed by atoms with Crippen molar-refractivity contribution in [2.45, 2.75) is 43.7 Å². The zero-order chi connectivity index (χ0) is 30.5. The molecule has 3 aromatic rings. The molecular formula is C35H35FN6O2. The average Bonchev–Trinajstić information content (AvgIpc) is 3.51. The first-order valence-electron chi connectivity index (χ1n) is 15.5. The molecule has 2 aliphatic heterocycles. The molecule has 0 N–H and O–H groups in total. The van der Waals surface area contributed by atoms with Crippen molar-refractivity contribution >= 4 is 22.5 Å². The van der Waals surface area contributed by atoms with Gasteiger partial charge in [0.15, 0.2) is 0 Å². The van der Waals surface area contributed by atoms with E-state index in [9.17, 15) is 10.1 Å². The SMILES string of the molecule is [C-]#[N+]C[C@H]1CN(c2c(C#N)c(OC[C@@H]3CCCN3C)nc3cc(-c4cccc5c4C4CC4C5)c(F)cc23)CCN1C(=O)C=C. The molecule has 0 radical (unpaired) electrons. The maximum absolute atomic E-state index is 16.2. The molecule has 44 heavy (non-hydrogen) atoms. The van der Waals surface area contributed by atoms with Gasteiger partial charge < -0.3 is 24.3 Å². The van der Waals surface area contributed by atoms with Crippen molar-refractivity contribution in [3.63, 3.8) is 0 Å². The highest BCUT2D eigenvalue weighted by atomic mass is 19.1. The molecular weight excluding hydrogens is 555 g/mol. The zero-order valence-electron chi connectivity index (χ0n) is 24.9. The second kappa shape index (κ2) is 11.2. The predicted octanol–water partition coefficient (Wildman–Crippen LogP) is 5.17. The predicted molar refractivity (Wildman–Crippen MR) is 167 cm³/mol. The molecule has 2 saturated heterocycles. The summed E-state index contributed by atoms with van der Waals surface area (Å²) < 4.78 is 22.6. The third-order valence-electron chi connectivity index (χ3n) is 10.0. The molecule has 9 heteroatoms. The summed E-state index contributed by atoms with van der Waals surface area (Å²) in [5.41, 5.74) is 5.34. The van der Waals surface area contributed by atoms with Crippen LogP contribution in [0.15, 0.2) is 43.0 Å². The molecule has 3 fully saturated rings. The van der Waals surface area contributed by atoms with Crippen molar-refractivity contribution in [3.8, 4) is 23.1 Å². The van der Waals surface area contributed by atoms with Gasteiger partial charge in [-0.1, -0.05) is 24.8 Å². The number of rotatable bonds is 7. The number of piperazine rings is 1. The average molecular weight is 591 g/mol. The van der Waals surface area contributed by atoms with Crippen LogP contribution in [0, 0.1) is 29.6 Å². The Bertz CT molecular complexity index is 1760. The molecule has 4 atom stereocenters. The Labute approximate surface area is 257 Å². The van der Waals surface area contributed by atoms with Crippen molar-refractivity contribution < 1.29 is 13.9 Å². The topological polar surface area (TPSA) is 77.1 Å². The van der Waals surface area contributed by atoms with Crippen LogP contribution in [0.2, 0.25) is 0 Å². The monoisotopic (exact) mass is 590 g/mol. The molecule has 1 aromatic heterocycles. The first kappa shape index (κ1) is 28.3. The number of nitrogens with zero attached hydrogens (tertiary/aromatic N) is 6. The van der Waals surface area contributed by atoms with Crippen LogP contribution in [0.4, 0.5) is 10.1 Å². The Morgan fingerprint density at radius 3 is 2.89 bits per heavy atom. The van der Waals surface area contributed by atoms with Crippen LogP contribution in [0.3, 0.4) is 0 Å². The molecule has 224 valence electrons. The van der Waals surface area contributed by atoms with Crippen LogP contribution >= 0.6 is 0 Å². The van der Waals surface area contributed by atoms with Crippen molar-refractivity contribution in [2.75, 3.05) is 51.3 Å². The van der Waals surface area contributed by atoms with E-state index in [1.54, 1.807) is 4.90 Å². The minimum Gasteiger partial charge on any atom is -0.475 e. The number of likely N-dealkylation sites (N-methyl/N-ethyl adjacent to an activating group) is 1. The zero-order valence-corrected chi connectivity index (χ0v) is 24.9. The fourth-order valence-electron chi connectivity index (χ4n) is 7.65. The number of benzene rings is 2. The number of aromatic nitrogens is 1. The minimum absolute atomic E-state index is 0.109. The van der Waals surface area contributed by atoms with Gasteiger partial charge in [-0.3, -0.25) is 4.79 Å². The Hall–Kier alpha value is -4.47. The number of pyridine rings is 1. The van der Waals surface area contributed by atoms with Gasteiger partial charge in [-0.2, -0.15) is 5.26 Å². The summed E-state index contributed by atoms with van der Waals surface area (Å²) in [7, 11) is 2.07. The van der Waals surface area contributed by atoms with Gasteiger partial charge in [0, 0.05) is 36.6 Å². The van der Waals surface area contributed by atoms with Crippen LogP contribution < -0.4 is 9.64 Å². The number of ether oxygens (including phenoxy) is 1. The molecule has 0 spiro atoms. The van der Waals surface area contributed by atoms with Crippen LogP contribution in [-0.4, -0.2) is 79.2 Å². The maximum atomic E-state index is 16.2. The van der Waals surface area contributed by atoms with E-state index in [4.69, 9.17) is 16.3 Å². The van der Waals surface area contributed by atoms with E-state index in [2.05, 4.69) is 35.5 Å². The normalized spacial score (nSPS) is 24.0. The largest absolute Gasteiger partial charge is 0.475 e. The van der Waals surface area contributed by atoms with Gasteiger partial charge in [0.05, 0.1) is 11.2 Å². The summed E-state index contributed by atoms with van der Waals surface area (Å²) in [4.78, 5) is 27.0.